The van der Waals surface area contributed by atoms with Gasteiger partial charge >= 0.3 is 5.97 Å². The van der Waals surface area contributed by atoms with Crippen LogP contribution in [0.15, 0.2) is 18.2 Å². The van der Waals surface area contributed by atoms with Crippen LogP contribution >= 0.6 is 0 Å². The number of esters is 1. The van der Waals surface area contributed by atoms with Gasteiger partial charge in [0.15, 0.2) is 8.32 Å². The monoisotopic (exact) mass is 499 g/mol. The molecule has 3 aromatic rings. The second kappa shape index (κ2) is 10.7. The van der Waals surface area contributed by atoms with E-state index >= 15 is 0 Å². The van der Waals surface area contributed by atoms with E-state index in [2.05, 4.69) is 50.9 Å². The largest absolute Gasteiger partial charge is 0.461 e. The zero-order valence-electron chi connectivity index (χ0n) is 22.5. The highest BCUT2D eigenvalue weighted by Crippen LogP contribution is 2.38. The maximum Gasteiger partial charge on any atom is 0.355 e. The Labute approximate surface area is 210 Å². The van der Waals surface area contributed by atoms with Gasteiger partial charge in [0.25, 0.3) is 0 Å². The molecule has 0 atom stereocenters. The highest BCUT2D eigenvalue weighted by molar-refractivity contribution is 6.74. The van der Waals surface area contributed by atoms with E-state index in [9.17, 15) is 9.90 Å². The molecule has 7 nitrogen and oxygen atoms in total. The number of hydrogen-bond donors (Lipinski definition) is 2. The Bertz CT molecular complexity index is 1190. The Kier molecular flexibility index (Phi) is 8.29. The highest BCUT2D eigenvalue weighted by atomic mass is 28.4. The molecule has 0 unspecified atom stereocenters. The molecule has 8 heteroatoms. The SMILES string of the molecule is CCOC(=O)c1[nH]c2c(-c3c(CC)nn(C)c3CO)cccc2c1CCCO[Si](C)(C)C(C)(C)C. The minimum Gasteiger partial charge on any atom is -0.461 e. The fraction of sp³-hybridized carbons (Fsp3) is 0.556. The summed E-state index contributed by atoms with van der Waals surface area (Å²) >= 11 is 0. The molecule has 0 saturated carbocycles. The fourth-order valence-corrected chi connectivity index (χ4v) is 5.36. The molecule has 0 bridgehead atoms. The first kappa shape index (κ1) is 27.2. The van der Waals surface area contributed by atoms with Gasteiger partial charge in [-0.2, -0.15) is 5.10 Å². The number of benzene rings is 1. The molecule has 0 saturated heterocycles. The standard InChI is InChI=1S/C27H41N3O4Si/c1-9-21-23(22(17-31)30(6)29-21)20-14-11-13-18-19(25(28-24(18)20)26(32)33-10-2)15-12-16-34-35(7,8)27(3,4)5/h11,13-14,28,31H,9-10,12,15-17H2,1-8H3. The summed E-state index contributed by atoms with van der Waals surface area (Å²) in [5.41, 5.74) is 5.85. The third-order valence-electron chi connectivity index (χ3n) is 7.25. The molecule has 192 valence electrons. The molecule has 0 spiro atoms. The minimum absolute atomic E-state index is 0.113. The fourth-order valence-electron chi connectivity index (χ4n) is 4.27. The Hall–Kier alpha value is -2.42. The van der Waals surface area contributed by atoms with Crippen LogP contribution in [-0.2, 0) is 35.7 Å². The number of aromatic nitrogens is 3. The van der Waals surface area contributed by atoms with Crippen molar-refractivity contribution in [3.63, 3.8) is 0 Å². The molecule has 0 aliphatic rings. The number of carbonyl (C=O) groups is 1. The van der Waals surface area contributed by atoms with Crippen LogP contribution in [-0.4, -0.2) is 47.4 Å². The van der Waals surface area contributed by atoms with Gasteiger partial charge in [0.1, 0.15) is 5.69 Å². The lowest BCUT2D eigenvalue weighted by atomic mass is 9.97. The number of nitrogens with zero attached hydrogens (tertiary/aromatic N) is 2. The predicted molar refractivity (Wildman–Crippen MR) is 143 cm³/mol. The normalized spacial score (nSPS) is 12.5. The lowest BCUT2D eigenvalue weighted by molar-refractivity contribution is 0.0519. The molecule has 0 fully saturated rings. The summed E-state index contributed by atoms with van der Waals surface area (Å²) in [4.78, 5) is 16.3. The van der Waals surface area contributed by atoms with Crippen molar-refractivity contribution in [1.82, 2.24) is 14.8 Å². The van der Waals surface area contributed by atoms with Crippen LogP contribution in [0.2, 0.25) is 18.1 Å². The van der Waals surface area contributed by atoms with Gasteiger partial charge in [-0.25, -0.2) is 4.79 Å². The zero-order valence-corrected chi connectivity index (χ0v) is 23.5. The van der Waals surface area contributed by atoms with Crippen molar-refractivity contribution < 1.29 is 19.1 Å². The van der Waals surface area contributed by atoms with Crippen LogP contribution in [0.25, 0.3) is 22.0 Å². The molecular formula is C27H41N3O4Si. The van der Waals surface area contributed by atoms with Crippen LogP contribution in [0.4, 0.5) is 0 Å². The van der Waals surface area contributed by atoms with Crippen molar-refractivity contribution in [2.75, 3.05) is 13.2 Å². The number of H-pyrrole nitrogens is 1. The van der Waals surface area contributed by atoms with Crippen LogP contribution in [0.3, 0.4) is 0 Å². The van der Waals surface area contributed by atoms with Gasteiger partial charge in [-0.1, -0.05) is 45.9 Å². The summed E-state index contributed by atoms with van der Waals surface area (Å²) in [7, 11) is 0.0152. The quantitative estimate of drug-likeness (QED) is 0.210. The van der Waals surface area contributed by atoms with E-state index < -0.39 is 8.32 Å². The Morgan fingerprint density at radius 1 is 1.23 bits per heavy atom. The summed E-state index contributed by atoms with van der Waals surface area (Å²) in [5.74, 6) is -0.348. The number of rotatable bonds is 10. The smallest absolute Gasteiger partial charge is 0.355 e. The molecule has 3 rings (SSSR count). The first-order chi connectivity index (χ1) is 16.5. The van der Waals surface area contributed by atoms with Crippen molar-refractivity contribution in [2.45, 2.75) is 78.6 Å². The molecule has 2 aromatic heterocycles. The average molecular weight is 500 g/mol. The molecule has 0 aliphatic carbocycles. The average Bonchev–Trinajstić information content (AvgIpc) is 3.33. The number of para-hydroxylation sites is 1. The molecule has 2 heterocycles. The van der Waals surface area contributed by atoms with E-state index in [4.69, 9.17) is 9.16 Å². The number of fused-ring (bicyclic) bond motifs is 1. The van der Waals surface area contributed by atoms with Crippen molar-refractivity contribution >= 4 is 25.2 Å². The Balaban J connectivity index is 2.04. The molecule has 0 aliphatic heterocycles. The predicted octanol–water partition coefficient (Wildman–Crippen LogP) is 5.75. The summed E-state index contributed by atoms with van der Waals surface area (Å²) in [6.07, 6.45) is 2.25. The first-order valence-corrected chi connectivity index (χ1v) is 15.5. The van der Waals surface area contributed by atoms with Crippen LogP contribution in [0.1, 0.15) is 68.5 Å². The van der Waals surface area contributed by atoms with E-state index in [0.29, 0.717) is 25.3 Å². The van der Waals surface area contributed by atoms with Crippen molar-refractivity contribution in [1.29, 1.82) is 0 Å². The lowest BCUT2D eigenvalue weighted by Gasteiger charge is -2.36. The van der Waals surface area contributed by atoms with Gasteiger partial charge in [-0.05, 0) is 49.9 Å². The topological polar surface area (TPSA) is 89.4 Å². The van der Waals surface area contributed by atoms with Crippen molar-refractivity contribution in [3.8, 4) is 11.1 Å². The zero-order chi connectivity index (χ0) is 26.0. The van der Waals surface area contributed by atoms with Gasteiger partial charge in [-0.15, -0.1) is 0 Å². The third kappa shape index (κ3) is 5.39. The number of hydrogen-bond acceptors (Lipinski definition) is 5. The first-order valence-electron chi connectivity index (χ1n) is 12.6. The third-order valence-corrected chi connectivity index (χ3v) is 11.8. The van der Waals surface area contributed by atoms with Gasteiger partial charge in [-0.3, -0.25) is 4.68 Å². The number of aliphatic hydroxyl groups is 1. The number of carbonyl (C=O) groups excluding carboxylic acids is 1. The summed E-state index contributed by atoms with van der Waals surface area (Å²) < 4.78 is 13.5. The summed E-state index contributed by atoms with van der Waals surface area (Å²) in [6.45, 7) is 16.0. The molecule has 0 amide bonds. The van der Waals surface area contributed by atoms with Crippen LogP contribution in [0.5, 0.6) is 0 Å². The second-order valence-corrected chi connectivity index (χ2v) is 15.4. The number of aliphatic hydroxyl groups excluding tert-OH is 1. The molecule has 1 aromatic carbocycles. The Morgan fingerprint density at radius 2 is 1.94 bits per heavy atom. The molecule has 0 radical (unpaired) electrons. The van der Waals surface area contributed by atoms with E-state index in [1.807, 2.05) is 32.2 Å². The van der Waals surface area contributed by atoms with Gasteiger partial charge in [0.05, 0.1) is 30.1 Å². The molecular weight excluding hydrogens is 458 g/mol. The van der Waals surface area contributed by atoms with Gasteiger partial charge < -0.3 is 19.3 Å². The maximum absolute atomic E-state index is 12.9. The lowest BCUT2D eigenvalue weighted by Crippen LogP contribution is -2.41. The summed E-state index contributed by atoms with van der Waals surface area (Å²) in [6, 6.07) is 6.07. The minimum atomic E-state index is -1.83. The molecule has 35 heavy (non-hydrogen) atoms. The van der Waals surface area contributed by atoms with E-state index in [1.54, 1.807) is 4.68 Å². The number of aromatic amines is 1. The summed E-state index contributed by atoms with van der Waals surface area (Å²) in [5, 5.41) is 15.8. The van der Waals surface area contributed by atoms with Crippen LogP contribution in [0, 0.1) is 0 Å². The van der Waals surface area contributed by atoms with E-state index in [0.717, 1.165) is 51.8 Å². The number of aryl methyl sites for hydroxylation is 3. The highest BCUT2D eigenvalue weighted by Gasteiger charge is 2.36. The molecule has 2 N–H and O–H groups in total. The van der Waals surface area contributed by atoms with Crippen LogP contribution < -0.4 is 0 Å². The van der Waals surface area contributed by atoms with Crippen molar-refractivity contribution in [3.05, 3.63) is 40.8 Å². The van der Waals surface area contributed by atoms with Crippen molar-refractivity contribution in [2.24, 2.45) is 7.05 Å². The second-order valence-electron chi connectivity index (χ2n) is 10.5. The maximum atomic E-state index is 12.9. The number of nitrogens with one attached hydrogen (secondary N) is 1. The van der Waals surface area contributed by atoms with E-state index in [1.165, 1.54) is 0 Å². The van der Waals surface area contributed by atoms with Gasteiger partial charge in [0.2, 0.25) is 0 Å². The Morgan fingerprint density at radius 3 is 2.54 bits per heavy atom. The number of ether oxygens (including phenoxy) is 1. The van der Waals surface area contributed by atoms with E-state index in [-0.39, 0.29) is 17.6 Å². The van der Waals surface area contributed by atoms with Gasteiger partial charge in [0, 0.05) is 30.2 Å².